The molecule has 3 heteroatoms. The van der Waals surface area contributed by atoms with Crippen molar-refractivity contribution in [1.82, 2.24) is 0 Å². The highest BCUT2D eigenvalue weighted by atomic mass is 16.7. The van der Waals surface area contributed by atoms with Crippen LogP contribution < -0.4 is 9.47 Å². The maximum absolute atomic E-state index is 5.83. The van der Waals surface area contributed by atoms with E-state index >= 15 is 0 Å². The van der Waals surface area contributed by atoms with Gasteiger partial charge in [-0.25, -0.2) is 0 Å². The molecule has 3 rings (SSSR count). The van der Waals surface area contributed by atoms with Gasteiger partial charge in [0, 0.05) is 0 Å². The van der Waals surface area contributed by atoms with Crippen LogP contribution in [-0.2, 0) is 4.74 Å². The zero-order chi connectivity index (χ0) is 11.1. The van der Waals surface area contributed by atoms with Crippen molar-refractivity contribution in [1.29, 1.82) is 0 Å². The van der Waals surface area contributed by atoms with Crippen LogP contribution in [0.2, 0.25) is 0 Å². The van der Waals surface area contributed by atoms with Gasteiger partial charge < -0.3 is 14.2 Å². The van der Waals surface area contributed by atoms with Gasteiger partial charge in [-0.05, 0) is 29.5 Å². The van der Waals surface area contributed by atoms with E-state index in [1.165, 1.54) is 5.56 Å². The Morgan fingerprint density at radius 3 is 2.69 bits per heavy atom. The van der Waals surface area contributed by atoms with E-state index in [4.69, 9.17) is 14.2 Å². The molecule has 0 aliphatic carbocycles. The summed E-state index contributed by atoms with van der Waals surface area (Å²) in [6, 6.07) is 6.09. The highest BCUT2D eigenvalue weighted by molar-refractivity contribution is 5.45. The minimum Gasteiger partial charge on any atom is -0.454 e. The zero-order valence-electron chi connectivity index (χ0n) is 9.60. The van der Waals surface area contributed by atoms with Gasteiger partial charge in [-0.1, -0.05) is 19.9 Å². The number of fused-ring (bicyclic) bond motifs is 1. The number of benzene rings is 1. The fraction of sp³-hybridized carbons (Fsp3) is 0.538. The molecule has 0 radical (unpaired) electrons. The van der Waals surface area contributed by atoms with Crippen molar-refractivity contribution in [2.45, 2.75) is 20.0 Å². The molecule has 1 saturated heterocycles. The molecule has 0 saturated carbocycles. The largest absolute Gasteiger partial charge is 0.454 e. The van der Waals surface area contributed by atoms with E-state index in [-0.39, 0.29) is 6.10 Å². The monoisotopic (exact) mass is 220 g/mol. The third-order valence-electron chi connectivity index (χ3n) is 3.64. The summed E-state index contributed by atoms with van der Waals surface area (Å²) < 4.78 is 16.5. The maximum atomic E-state index is 5.83. The summed E-state index contributed by atoms with van der Waals surface area (Å²) in [5.74, 6) is 2.85. The number of hydrogen-bond donors (Lipinski definition) is 0. The van der Waals surface area contributed by atoms with E-state index in [9.17, 15) is 0 Å². The number of ether oxygens (including phenoxy) is 3. The molecule has 0 amide bonds. The van der Waals surface area contributed by atoms with Gasteiger partial charge in [0.05, 0.1) is 12.7 Å². The molecule has 1 aromatic carbocycles. The molecular weight excluding hydrogens is 204 g/mol. The molecule has 1 fully saturated rings. The van der Waals surface area contributed by atoms with Crippen molar-refractivity contribution < 1.29 is 14.2 Å². The first kappa shape index (κ1) is 9.97. The lowest BCUT2D eigenvalue weighted by molar-refractivity contribution is 0.0934. The minimum absolute atomic E-state index is 0.199. The first-order valence-corrected chi connectivity index (χ1v) is 5.77. The van der Waals surface area contributed by atoms with Gasteiger partial charge in [0.1, 0.15) is 0 Å². The lowest BCUT2D eigenvalue weighted by Gasteiger charge is -2.16. The predicted molar refractivity (Wildman–Crippen MR) is 59.6 cm³/mol. The van der Waals surface area contributed by atoms with Crippen LogP contribution in [0.25, 0.3) is 0 Å². The van der Waals surface area contributed by atoms with Gasteiger partial charge in [-0.3, -0.25) is 0 Å². The maximum Gasteiger partial charge on any atom is 0.231 e. The molecule has 86 valence electrons. The molecule has 1 aromatic rings. The van der Waals surface area contributed by atoms with Crippen LogP contribution in [0, 0.1) is 11.8 Å². The second kappa shape index (κ2) is 3.67. The van der Waals surface area contributed by atoms with E-state index < -0.39 is 0 Å². The molecule has 3 atom stereocenters. The quantitative estimate of drug-likeness (QED) is 0.728. The highest BCUT2D eigenvalue weighted by Crippen LogP contribution is 2.41. The Hall–Kier alpha value is -1.22. The van der Waals surface area contributed by atoms with Crippen LogP contribution in [0.3, 0.4) is 0 Å². The Kier molecular flexibility index (Phi) is 2.28. The average Bonchev–Trinajstić information content (AvgIpc) is 2.86. The summed E-state index contributed by atoms with van der Waals surface area (Å²) in [7, 11) is 0. The van der Waals surface area contributed by atoms with Crippen LogP contribution in [-0.4, -0.2) is 13.4 Å². The lowest BCUT2D eigenvalue weighted by atomic mass is 9.90. The van der Waals surface area contributed by atoms with E-state index in [0.717, 1.165) is 18.1 Å². The molecule has 3 nitrogen and oxygen atoms in total. The summed E-state index contributed by atoms with van der Waals surface area (Å²) in [6.45, 7) is 5.65. The predicted octanol–water partition coefficient (Wildman–Crippen LogP) is 2.76. The molecule has 0 spiro atoms. The third-order valence-corrected chi connectivity index (χ3v) is 3.64. The van der Waals surface area contributed by atoms with Crippen molar-refractivity contribution in [2.24, 2.45) is 11.8 Å². The van der Waals surface area contributed by atoms with E-state index in [0.29, 0.717) is 18.6 Å². The summed E-state index contributed by atoms with van der Waals surface area (Å²) >= 11 is 0. The smallest absolute Gasteiger partial charge is 0.231 e. The highest BCUT2D eigenvalue weighted by Gasteiger charge is 2.32. The molecule has 2 aliphatic rings. The fourth-order valence-electron chi connectivity index (χ4n) is 2.35. The molecular formula is C13H16O3. The minimum atomic E-state index is 0.199. The Morgan fingerprint density at radius 2 is 1.94 bits per heavy atom. The van der Waals surface area contributed by atoms with Crippen molar-refractivity contribution in [2.75, 3.05) is 13.4 Å². The molecule has 2 aliphatic heterocycles. The average molecular weight is 220 g/mol. The van der Waals surface area contributed by atoms with Gasteiger partial charge in [0.2, 0.25) is 6.79 Å². The lowest BCUT2D eigenvalue weighted by Crippen LogP contribution is -2.08. The van der Waals surface area contributed by atoms with Gasteiger partial charge in [-0.15, -0.1) is 0 Å². The van der Waals surface area contributed by atoms with Crippen LogP contribution in [0.15, 0.2) is 18.2 Å². The third kappa shape index (κ3) is 1.47. The SMILES string of the molecule is C[C@@H]1[C@H](C)CO[C@@H]1c1ccc2c(c1)OCO2. The topological polar surface area (TPSA) is 27.7 Å². The van der Waals surface area contributed by atoms with E-state index in [1.54, 1.807) is 0 Å². The second-order valence-electron chi connectivity index (χ2n) is 4.70. The molecule has 0 bridgehead atoms. The summed E-state index contributed by atoms with van der Waals surface area (Å²) in [4.78, 5) is 0. The Morgan fingerprint density at radius 1 is 1.12 bits per heavy atom. The Bertz CT molecular complexity index is 402. The van der Waals surface area contributed by atoms with Crippen LogP contribution in [0.1, 0.15) is 25.5 Å². The van der Waals surface area contributed by atoms with Gasteiger partial charge in [0.15, 0.2) is 11.5 Å². The molecule has 16 heavy (non-hydrogen) atoms. The van der Waals surface area contributed by atoms with E-state index in [2.05, 4.69) is 19.9 Å². The van der Waals surface area contributed by atoms with Crippen molar-refractivity contribution in [3.8, 4) is 11.5 Å². The van der Waals surface area contributed by atoms with E-state index in [1.807, 2.05) is 12.1 Å². The zero-order valence-corrected chi connectivity index (χ0v) is 9.60. The Labute approximate surface area is 95.3 Å². The van der Waals surface area contributed by atoms with Crippen molar-refractivity contribution in [3.63, 3.8) is 0 Å². The number of rotatable bonds is 1. The first-order valence-electron chi connectivity index (χ1n) is 5.77. The standard InChI is InChI=1S/C13H16O3/c1-8-6-14-13(9(8)2)10-3-4-11-12(5-10)16-7-15-11/h3-5,8-9,13H,6-7H2,1-2H3/t8-,9-,13+/m1/s1. The summed E-state index contributed by atoms with van der Waals surface area (Å²) in [6.07, 6.45) is 0.199. The van der Waals surface area contributed by atoms with Crippen molar-refractivity contribution in [3.05, 3.63) is 23.8 Å². The molecule has 0 N–H and O–H groups in total. The summed E-state index contributed by atoms with van der Waals surface area (Å²) in [5.41, 5.74) is 1.20. The van der Waals surface area contributed by atoms with Crippen LogP contribution in [0.4, 0.5) is 0 Å². The van der Waals surface area contributed by atoms with Crippen LogP contribution in [0.5, 0.6) is 11.5 Å². The van der Waals surface area contributed by atoms with Gasteiger partial charge >= 0.3 is 0 Å². The summed E-state index contributed by atoms with van der Waals surface area (Å²) in [5, 5.41) is 0. The second-order valence-corrected chi connectivity index (χ2v) is 4.70. The van der Waals surface area contributed by atoms with Gasteiger partial charge in [-0.2, -0.15) is 0 Å². The number of hydrogen-bond acceptors (Lipinski definition) is 3. The van der Waals surface area contributed by atoms with Crippen LogP contribution >= 0.6 is 0 Å². The first-order chi connectivity index (χ1) is 7.75. The fourth-order valence-corrected chi connectivity index (χ4v) is 2.35. The van der Waals surface area contributed by atoms with Gasteiger partial charge in [0.25, 0.3) is 0 Å². The molecule has 0 unspecified atom stereocenters. The molecule has 2 heterocycles. The van der Waals surface area contributed by atoms with Crippen molar-refractivity contribution >= 4 is 0 Å². The Balaban J connectivity index is 1.90. The normalized spacial score (nSPS) is 32.0. The molecule has 0 aromatic heterocycles.